The van der Waals surface area contributed by atoms with E-state index in [-0.39, 0.29) is 12.5 Å². The SMILES string of the molecule is CN(C)C(=O)Cn1c(-c2ccsc2)c(C2CCCCC2)c2c(C(=O)O)cccc21. The van der Waals surface area contributed by atoms with Gasteiger partial charge in [0.15, 0.2) is 0 Å². The molecule has 0 radical (unpaired) electrons. The zero-order chi connectivity index (χ0) is 20.5. The zero-order valence-electron chi connectivity index (χ0n) is 16.9. The molecule has 1 amide bonds. The maximum Gasteiger partial charge on any atom is 0.336 e. The Balaban J connectivity index is 2.06. The highest BCUT2D eigenvalue weighted by Crippen LogP contribution is 2.45. The molecule has 29 heavy (non-hydrogen) atoms. The molecule has 1 fully saturated rings. The van der Waals surface area contributed by atoms with Crippen molar-refractivity contribution >= 4 is 34.1 Å². The van der Waals surface area contributed by atoms with E-state index in [1.54, 1.807) is 42.5 Å². The van der Waals surface area contributed by atoms with Crippen molar-refractivity contribution in [2.75, 3.05) is 14.1 Å². The molecule has 5 nitrogen and oxygen atoms in total. The van der Waals surface area contributed by atoms with Gasteiger partial charge >= 0.3 is 5.97 Å². The summed E-state index contributed by atoms with van der Waals surface area (Å²) >= 11 is 1.62. The molecule has 1 saturated carbocycles. The summed E-state index contributed by atoms with van der Waals surface area (Å²) in [6.07, 6.45) is 5.67. The highest BCUT2D eigenvalue weighted by atomic mass is 32.1. The molecular formula is C23H26N2O3S. The number of carboxylic acid groups (broad SMARTS) is 1. The van der Waals surface area contributed by atoms with Crippen LogP contribution in [0.2, 0.25) is 0 Å². The van der Waals surface area contributed by atoms with Crippen LogP contribution in [0.25, 0.3) is 22.2 Å². The number of aromatic carboxylic acids is 1. The third kappa shape index (κ3) is 3.57. The Bertz CT molecular complexity index is 1040. The monoisotopic (exact) mass is 410 g/mol. The molecule has 4 rings (SSSR count). The van der Waals surface area contributed by atoms with E-state index in [1.165, 1.54) is 6.42 Å². The van der Waals surface area contributed by atoms with Crippen molar-refractivity contribution in [1.82, 2.24) is 9.47 Å². The minimum absolute atomic E-state index is 0.00528. The maximum absolute atomic E-state index is 12.7. The van der Waals surface area contributed by atoms with Crippen LogP contribution in [-0.2, 0) is 11.3 Å². The van der Waals surface area contributed by atoms with Gasteiger partial charge in [-0.25, -0.2) is 4.79 Å². The number of amides is 1. The second-order valence-corrected chi connectivity index (χ2v) is 8.77. The Morgan fingerprint density at radius 1 is 1.17 bits per heavy atom. The van der Waals surface area contributed by atoms with E-state index in [1.807, 2.05) is 16.0 Å². The average Bonchev–Trinajstić information content (AvgIpc) is 3.34. The Morgan fingerprint density at radius 3 is 2.55 bits per heavy atom. The van der Waals surface area contributed by atoms with E-state index in [9.17, 15) is 14.7 Å². The van der Waals surface area contributed by atoms with Gasteiger partial charge in [-0.1, -0.05) is 25.3 Å². The summed E-state index contributed by atoms with van der Waals surface area (Å²) in [5.74, 6) is -0.604. The lowest BCUT2D eigenvalue weighted by Gasteiger charge is -2.24. The molecule has 3 aromatic rings. The predicted molar refractivity (Wildman–Crippen MR) is 117 cm³/mol. The quantitative estimate of drug-likeness (QED) is 0.628. The molecule has 1 aliphatic rings. The molecule has 0 bridgehead atoms. The molecule has 1 aliphatic carbocycles. The van der Waals surface area contributed by atoms with Crippen LogP contribution in [0.3, 0.4) is 0 Å². The second-order valence-electron chi connectivity index (χ2n) is 7.99. The van der Waals surface area contributed by atoms with Gasteiger partial charge in [0.2, 0.25) is 5.91 Å². The highest BCUT2D eigenvalue weighted by Gasteiger charge is 2.29. The Morgan fingerprint density at radius 2 is 1.93 bits per heavy atom. The number of thiophene rings is 1. The number of benzene rings is 1. The van der Waals surface area contributed by atoms with Crippen molar-refractivity contribution in [1.29, 1.82) is 0 Å². The Labute approximate surface area is 174 Å². The number of carboxylic acids is 1. The largest absolute Gasteiger partial charge is 0.478 e. The third-order valence-corrected chi connectivity index (χ3v) is 6.64. The second kappa shape index (κ2) is 8.03. The van der Waals surface area contributed by atoms with Crippen LogP contribution in [0, 0.1) is 0 Å². The van der Waals surface area contributed by atoms with Crippen molar-refractivity contribution in [2.24, 2.45) is 0 Å². The molecule has 0 saturated heterocycles. The number of nitrogens with zero attached hydrogens (tertiary/aromatic N) is 2. The smallest absolute Gasteiger partial charge is 0.336 e. The molecule has 1 N–H and O–H groups in total. The van der Waals surface area contributed by atoms with E-state index < -0.39 is 5.97 Å². The van der Waals surface area contributed by atoms with Crippen LogP contribution < -0.4 is 0 Å². The number of hydrogen-bond acceptors (Lipinski definition) is 3. The van der Waals surface area contributed by atoms with E-state index in [4.69, 9.17) is 0 Å². The first-order valence-electron chi connectivity index (χ1n) is 10.1. The van der Waals surface area contributed by atoms with E-state index >= 15 is 0 Å². The summed E-state index contributed by atoms with van der Waals surface area (Å²) in [6.45, 7) is 0.199. The molecule has 0 unspecified atom stereocenters. The first-order valence-corrected chi connectivity index (χ1v) is 11.0. The fraction of sp³-hybridized carbons (Fsp3) is 0.391. The summed E-state index contributed by atoms with van der Waals surface area (Å²) < 4.78 is 2.04. The number of carbonyl (C=O) groups excluding carboxylic acids is 1. The number of fused-ring (bicyclic) bond motifs is 1. The first kappa shape index (κ1) is 19.7. The third-order valence-electron chi connectivity index (χ3n) is 5.96. The molecule has 0 spiro atoms. The van der Waals surface area contributed by atoms with Crippen LogP contribution in [0.15, 0.2) is 35.0 Å². The van der Waals surface area contributed by atoms with E-state index in [0.29, 0.717) is 11.5 Å². The van der Waals surface area contributed by atoms with Crippen molar-refractivity contribution in [3.05, 3.63) is 46.2 Å². The maximum atomic E-state index is 12.7. The van der Waals surface area contributed by atoms with Gasteiger partial charge < -0.3 is 14.6 Å². The molecule has 0 aliphatic heterocycles. The van der Waals surface area contributed by atoms with E-state index in [0.717, 1.165) is 53.4 Å². The van der Waals surface area contributed by atoms with Crippen molar-refractivity contribution in [2.45, 2.75) is 44.6 Å². The molecule has 6 heteroatoms. The van der Waals surface area contributed by atoms with Gasteiger partial charge in [0, 0.05) is 30.4 Å². The lowest BCUT2D eigenvalue weighted by Crippen LogP contribution is -2.26. The fourth-order valence-electron chi connectivity index (χ4n) is 4.55. The summed E-state index contributed by atoms with van der Waals surface area (Å²) in [5.41, 5.74) is 4.35. The van der Waals surface area contributed by atoms with E-state index in [2.05, 4.69) is 11.4 Å². The Kier molecular flexibility index (Phi) is 5.46. The van der Waals surface area contributed by atoms with Gasteiger partial charge in [-0.3, -0.25) is 4.79 Å². The van der Waals surface area contributed by atoms with Crippen LogP contribution in [0.1, 0.15) is 53.9 Å². The van der Waals surface area contributed by atoms with Gasteiger partial charge in [-0.2, -0.15) is 11.3 Å². The first-order chi connectivity index (χ1) is 14.0. The normalized spacial score (nSPS) is 15.0. The molecule has 2 aromatic heterocycles. The summed E-state index contributed by atoms with van der Waals surface area (Å²) in [6, 6.07) is 7.49. The molecular weight excluding hydrogens is 384 g/mol. The van der Waals surface area contributed by atoms with Crippen LogP contribution in [-0.4, -0.2) is 40.5 Å². The van der Waals surface area contributed by atoms with Gasteiger partial charge in [-0.05, 0) is 47.9 Å². The molecule has 2 heterocycles. The highest BCUT2D eigenvalue weighted by molar-refractivity contribution is 7.08. The number of likely N-dealkylation sites (N-methyl/N-ethyl adjacent to an activating group) is 1. The lowest BCUT2D eigenvalue weighted by molar-refractivity contribution is -0.129. The number of rotatable bonds is 5. The molecule has 1 aromatic carbocycles. The van der Waals surface area contributed by atoms with Crippen molar-refractivity contribution in [3.8, 4) is 11.3 Å². The van der Waals surface area contributed by atoms with Crippen molar-refractivity contribution < 1.29 is 14.7 Å². The standard InChI is InChI=1S/C23H26N2O3S/c1-24(2)19(26)13-25-18-10-6-9-17(23(27)28)21(18)20(15-7-4-3-5-8-15)22(25)16-11-12-29-14-16/h6,9-12,14-15H,3-5,7-8,13H2,1-2H3,(H,27,28). The van der Waals surface area contributed by atoms with Gasteiger partial charge in [0.05, 0.1) is 16.8 Å². The predicted octanol–water partition coefficient (Wildman–Crippen LogP) is 5.20. The fourth-order valence-corrected chi connectivity index (χ4v) is 5.19. The number of carbonyl (C=O) groups is 2. The summed E-state index contributed by atoms with van der Waals surface area (Å²) in [4.78, 5) is 26.4. The minimum Gasteiger partial charge on any atom is -0.478 e. The lowest BCUT2D eigenvalue weighted by atomic mass is 9.81. The number of aromatic nitrogens is 1. The summed E-state index contributed by atoms with van der Waals surface area (Å²) in [5, 5.41) is 14.9. The number of hydrogen-bond donors (Lipinski definition) is 1. The molecule has 152 valence electrons. The Hall–Kier alpha value is -2.60. The van der Waals surface area contributed by atoms with Crippen LogP contribution in [0.4, 0.5) is 0 Å². The van der Waals surface area contributed by atoms with Gasteiger partial charge in [0.25, 0.3) is 0 Å². The van der Waals surface area contributed by atoms with Crippen molar-refractivity contribution in [3.63, 3.8) is 0 Å². The summed E-state index contributed by atoms with van der Waals surface area (Å²) in [7, 11) is 3.51. The minimum atomic E-state index is -0.916. The topological polar surface area (TPSA) is 62.5 Å². The zero-order valence-corrected chi connectivity index (χ0v) is 17.7. The van der Waals surface area contributed by atoms with Crippen LogP contribution in [0.5, 0.6) is 0 Å². The van der Waals surface area contributed by atoms with Gasteiger partial charge in [0.1, 0.15) is 6.54 Å². The average molecular weight is 411 g/mol. The van der Waals surface area contributed by atoms with Gasteiger partial charge in [-0.15, -0.1) is 0 Å². The van der Waals surface area contributed by atoms with Crippen LogP contribution >= 0.6 is 11.3 Å². The molecule has 0 atom stereocenters.